The van der Waals surface area contributed by atoms with E-state index >= 15 is 0 Å². The zero-order valence-electron chi connectivity index (χ0n) is 9.20. The summed E-state index contributed by atoms with van der Waals surface area (Å²) in [6, 6.07) is 6.39. The van der Waals surface area contributed by atoms with Crippen molar-refractivity contribution < 1.29 is 5.11 Å². The third-order valence-corrected chi connectivity index (χ3v) is 4.44. The summed E-state index contributed by atoms with van der Waals surface area (Å²) < 4.78 is 0. The Balaban J connectivity index is 2.12. The highest BCUT2D eigenvalue weighted by molar-refractivity contribution is 8.00. The Labute approximate surface area is 95.9 Å². The quantitative estimate of drug-likeness (QED) is 0.844. The first-order valence-electron chi connectivity index (χ1n) is 5.66. The van der Waals surface area contributed by atoms with Crippen LogP contribution in [-0.2, 0) is 6.61 Å². The number of hydrogen-bond donors (Lipinski definition) is 1. The van der Waals surface area contributed by atoms with Gasteiger partial charge in [0.2, 0.25) is 0 Å². The van der Waals surface area contributed by atoms with Crippen LogP contribution in [0.5, 0.6) is 0 Å². The van der Waals surface area contributed by atoms with E-state index in [0.717, 1.165) is 10.8 Å². The summed E-state index contributed by atoms with van der Waals surface area (Å²) in [6.45, 7) is 2.24. The van der Waals surface area contributed by atoms with Gasteiger partial charge in [0.15, 0.2) is 0 Å². The molecule has 1 nitrogen and oxygen atoms in total. The van der Waals surface area contributed by atoms with Gasteiger partial charge in [-0.15, -0.1) is 11.8 Å². The molecule has 1 aliphatic rings. The smallest absolute Gasteiger partial charge is 0.0692 e. The van der Waals surface area contributed by atoms with Gasteiger partial charge < -0.3 is 5.11 Å². The molecule has 0 aromatic heterocycles. The standard InChI is InChI=1S/C13H18OS/c1-10-6-7-13(11(8-10)9-14)15-12-4-2-3-5-12/h6-8,12,14H,2-5,9H2,1H3. The van der Waals surface area contributed by atoms with Gasteiger partial charge in [-0.2, -0.15) is 0 Å². The number of benzene rings is 1. The molecule has 1 aromatic rings. The van der Waals surface area contributed by atoms with Crippen LogP contribution in [-0.4, -0.2) is 10.4 Å². The second-order valence-electron chi connectivity index (χ2n) is 4.29. The molecule has 1 fully saturated rings. The Kier molecular flexibility index (Phi) is 3.71. The van der Waals surface area contributed by atoms with Gasteiger partial charge in [-0.3, -0.25) is 0 Å². The average Bonchev–Trinajstić information content (AvgIpc) is 2.73. The van der Waals surface area contributed by atoms with Crippen LogP contribution in [0.2, 0.25) is 0 Å². The maximum Gasteiger partial charge on any atom is 0.0692 e. The molecule has 1 saturated carbocycles. The van der Waals surface area contributed by atoms with Crippen LogP contribution in [0, 0.1) is 6.92 Å². The molecule has 15 heavy (non-hydrogen) atoms. The van der Waals surface area contributed by atoms with Crippen molar-refractivity contribution in [2.24, 2.45) is 0 Å². The minimum Gasteiger partial charge on any atom is -0.392 e. The van der Waals surface area contributed by atoms with Crippen LogP contribution in [0.4, 0.5) is 0 Å². The Hall–Kier alpha value is -0.470. The third-order valence-electron chi connectivity index (χ3n) is 2.98. The van der Waals surface area contributed by atoms with E-state index < -0.39 is 0 Å². The summed E-state index contributed by atoms with van der Waals surface area (Å²) in [5, 5.41) is 10.1. The molecule has 1 N–H and O–H groups in total. The van der Waals surface area contributed by atoms with E-state index in [1.807, 2.05) is 11.8 Å². The van der Waals surface area contributed by atoms with Crippen LogP contribution in [0.3, 0.4) is 0 Å². The maximum atomic E-state index is 9.30. The molecule has 0 atom stereocenters. The van der Waals surface area contributed by atoms with Gasteiger partial charge in [-0.1, -0.05) is 30.5 Å². The molecule has 2 rings (SSSR count). The summed E-state index contributed by atoms with van der Waals surface area (Å²) in [7, 11) is 0. The Morgan fingerprint density at radius 1 is 1.33 bits per heavy atom. The zero-order valence-corrected chi connectivity index (χ0v) is 10.0. The van der Waals surface area contributed by atoms with Crippen LogP contribution in [0.1, 0.15) is 36.8 Å². The van der Waals surface area contributed by atoms with Crippen molar-refractivity contribution in [3.8, 4) is 0 Å². The molecular weight excluding hydrogens is 204 g/mol. The van der Waals surface area contributed by atoms with Gasteiger partial charge in [-0.05, 0) is 31.4 Å². The number of rotatable bonds is 3. The van der Waals surface area contributed by atoms with Crippen molar-refractivity contribution in [2.45, 2.75) is 49.4 Å². The first-order chi connectivity index (χ1) is 7.29. The Bertz CT molecular complexity index is 329. The lowest BCUT2D eigenvalue weighted by atomic mass is 10.1. The molecule has 0 spiro atoms. The fourth-order valence-electron chi connectivity index (χ4n) is 2.13. The summed E-state index contributed by atoms with van der Waals surface area (Å²) in [4.78, 5) is 1.27. The number of aryl methyl sites for hydroxylation is 1. The molecule has 0 bridgehead atoms. The highest BCUT2D eigenvalue weighted by Crippen LogP contribution is 2.36. The van der Waals surface area contributed by atoms with E-state index in [1.165, 1.54) is 36.1 Å². The minimum atomic E-state index is 0.163. The van der Waals surface area contributed by atoms with E-state index in [9.17, 15) is 5.11 Å². The van der Waals surface area contributed by atoms with E-state index in [4.69, 9.17) is 0 Å². The molecule has 0 heterocycles. The molecule has 0 amide bonds. The van der Waals surface area contributed by atoms with Crippen molar-refractivity contribution >= 4 is 11.8 Å². The first kappa shape index (κ1) is 11.0. The van der Waals surface area contributed by atoms with Gasteiger partial charge >= 0.3 is 0 Å². The SMILES string of the molecule is Cc1ccc(SC2CCCC2)c(CO)c1. The predicted molar refractivity (Wildman–Crippen MR) is 65.2 cm³/mol. The number of aliphatic hydroxyl groups excluding tert-OH is 1. The van der Waals surface area contributed by atoms with Crippen molar-refractivity contribution in [3.05, 3.63) is 29.3 Å². The van der Waals surface area contributed by atoms with Gasteiger partial charge in [0.05, 0.1) is 6.61 Å². The fraction of sp³-hybridized carbons (Fsp3) is 0.538. The molecule has 2 heteroatoms. The Morgan fingerprint density at radius 2 is 2.07 bits per heavy atom. The Morgan fingerprint density at radius 3 is 2.73 bits per heavy atom. The van der Waals surface area contributed by atoms with Crippen LogP contribution in [0.15, 0.2) is 23.1 Å². The molecule has 0 radical (unpaired) electrons. The molecule has 0 saturated heterocycles. The highest BCUT2D eigenvalue weighted by atomic mass is 32.2. The third kappa shape index (κ3) is 2.76. The van der Waals surface area contributed by atoms with Crippen molar-refractivity contribution in [1.29, 1.82) is 0 Å². The molecule has 1 aliphatic carbocycles. The first-order valence-corrected chi connectivity index (χ1v) is 6.54. The van der Waals surface area contributed by atoms with E-state index in [2.05, 4.69) is 25.1 Å². The van der Waals surface area contributed by atoms with E-state index in [-0.39, 0.29) is 6.61 Å². The lowest BCUT2D eigenvalue weighted by Gasteiger charge is -2.12. The van der Waals surface area contributed by atoms with E-state index in [1.54, 1.807) is 0 Å². The lowest BCUT2D eigenvalue weighted by Crippen LogP contribution is -1.96. The minimum absolute atomic E-state index is 0.163. The topological polar surface area (TPSA) is 20.2 Å². The van der Waals surface area contributed by atoms with Gasteiger partial charge in [0, 0.05) is 10.1 Å². The predicted octanol–water partition coefficient (Wildman–Crippen LogP) is 3.52. The molecule has 0 unspecified atom stereocenters. The molecular formula is C13H18OS. The number of aliphatic hydroxyl groups is 1. The molecule has 82 valence electrons. The van der Waals surface area contributed by atoms with Crippen LogP contribution >= 0.6 is 11.8 Å². The number of thioether (sulfide) groups is 1. The number of hydrogen-bond acceptors (Lipinski definition) is 2. The normalized spacial score (nSPS) is 17.2. The summed E-state index contributed by atoms with van der Waals surface area (Å²) >= 11 is 1.95. The van der Waals surface area contributed by atoms with Crippen LogP contribution < -0.4 is 0 Å². The van der Waals surface area contributed by atoms with Crippen molar-refractivity contribution in [2.75, 3.05) is 0 Å². The summed E-state index contributed by atoms with van der Waals surface area (Å²) in [5.74, 6) is 0. The van der Waals surface area contributed by atoms with E-state index in [0.29, 0.717) is 0 Å². The van der Waals surface area contributed by atoms with Crippen molar-refractivity contribution in [1.82, 2.24) is 0 Å². The molecule has 1 aromatic carbocycles. The van der Waals surface area contributed by atoms with Crippen molar-refractivity contribution in [3.63, 3.8) is 0 Å². The largest absolute Gasteiger partial charge is 0.392 e. The molecule has 0 aliphatic heterocycles. The zero-order chi connectivity index (χ0) is 10.7. The van der Waals surface area contributed by atoms with Crippen LogP contribution in [0.25, 0.3) is 0 Å². The average molecular weight is 222 g/mol. The van der Waals surface area contributed by atoms with Gasteiger partial charge in [0.25, 0.3) is 0 Å². The monoisotopic (exact) mass is 222 g/mol. The van der Waals surface area contributed by atoms with Gasteiger partial charge in [-0.25, -0.2) is 0 Å². The fourth-order valence-corrected chi connectivity index (χ4v) is 3.48. The highest BCUT2D eigenvalue weighted by Gasteiger charge is 2.17. The maximum absolute atomic E-state index is 9.30. The second kappa shape index (κ2) is 5.04. The summed E-state index contributed by atoms with van der Waals surface area (Å²) in [5.41, 5.74) is 2.32. The summed E-state index contributed by atoms with van der Waals surface area (Å²) in [6.07, 6.45) is 5.42. The van der Waals surface area contributed by atoms with Gasteiger partial charge in [0.1, 0.15) is 0 Å². The second-order valence-corrected chi connectivity index (χ2v) is 5.64. The lowest BCUT2D eigenvalue weighted by molar-refractivity contribution is 0.279.